The Balaban J connectivity index is 2.14. The Kier molecular flexibility index (Phi) is 3.58. The summed E-state index contributed by atoms with van der Waals surface area (Å²) in [6.45, 7) is 4.35. The molecule has 3 heteroatoms. The summed E-state index contributed by atoms with van der Waals surface area (Å²) in [5.41, 5.74) is 4.38. The van der Waals surface area contributed by atoms with Crippen LogP contribution in [-0.4, -0.2) is 17.5 Å². The number of hydrogen-bond acceptors (Lipinski definition) is 2. The molecule has 1 aliphatic carbocycles. The van der Waals surface area contributed by atoms with Crippen molar-refractivity contribution in [2.24, 2.45) is 0 Å². The molecule has 3 nitrogen and oxygen atoms in total. The van der Waals surface area contributed by atoms with Crippen LogP contribution in [0.4, 0.5) is 0 Å². The van der Waals surface area contributed by atoms with Gasteiger partial charge in [-0.1, -0.05) is 0 Å². The van der Waals surface area contributed by atoms with Gasteiger partial charge in [-0.3, -0.25) is 4.79 Å². The molecule has 0 saturated heterocycles. The average Bonchev–Trinajstić information content (AvgIpc) is 2.88. The van der Waals surface area contributed by atoms with Crippen LogP contribution in [0.5, 0.6) is 5.75 Å². The topological polar surface area (TPSA) is 31.2 Å². The van der Waals surface area contributed by atoms with Crippen LogP contribution in [0.15, 0.2) is 30.3 Å². The van der Waals surface area contributed by atoms with Crippen LogP contribution in [0.1, 0.15) is 48.8 Å². The first-order valence-corrected chi connectivity index (χ1v) is 7.53. The van der Waals surface area contributed by atoms with Gasteiger partial charge in [-0.05, 0) is 62.6 Å². The van der Waals surface area contributed by atoms with Crippen molar-refractivity contribution in [1.82, 2.24) is 4.57 Å². The van der Waals surface area contributed by atoms with E-state index >= 15 is 0 Å². The maximum Gasteiger partial charge on any atom is 0.164 e. The van der Waals surface area contributed by atoms with E-state index in [2.05, 4.69) is 36.6 Å². The van der Waals surface area contributed by atoms with Gasteiger partial charge in [-0.2, -0.15) is 0 Å². The number of carbonyl (C=O) groups is 1. The Morgan fingerprint density at radius 2 is 1.86 bits per heavy atom. The largest absolute Gasteiger partial charge is 0.497 e. The lowest BCUT2D eigenvalue weighted by atomic mass is 9.96. The number of rotatable bonds is 3. The van der Waals surface area contributed by atoms with Gasteiger partial charge in [0.05, 0.1) is 7.11 Å². The third-order valence-electron chi connectivity index (χ3n) is 4.16. The van der Waals surface area contributed by atoms with Crippen LogP contribution < -0.4 is 4.74 Å². The summed E-state index contributed by atoms with van der Waals surface area (Å²) in [5.74, 6) is 1.13. The van der Waals surface area contributed by atoms with E-state index in [4.69, 9.17) is 4.74 Å². The summed E-state index contributed by atoms with van der Waals surface area (Å²) < 4.78 is 7.53. The molecule has 110 valence electrons. The van der Waals surface area contributed by atoms with Crippen LogP contribution in [0.3, 0.4) is 0 Å². The number of fused-ring (bicyclic) bond motifs is 1. The number of aromatic nitrogens is 1. The lowest BCUT2D eigenvalue weighted by Gasteiger charge is -2.20. The monoisotopic (exact) mass is 283 g/mol. The van der Waals surface area contributed by atoms with E-state index in [-0.39, 0.29) is 5.78 Å². The minimum atomic E-state index is 0.283. The number of ether oxygens (including phenoxy) is 1. The highest BCUT2D eigenvalue weighted by atomic mass is 16.5. The summed E-state index contributed by atoms with van der Waals surface area (Å²) in [7, 11) is 1.67. The van der Waals surface area contributed by atoms with E-state index in [1.54, 1.807) is 7.11 Å². The predicted molar refractivity (Wildman–Crippen MR) is 84.1 cm³/mol. The van der Waals surface area contributed by atoms with Crippen molar-refractivity contribution < 1.29 is 9.53 Å². The molecule has 1 heterocycles. The zero-order valence-corrected chi connectivity index (χ0v) is 12.8. The molecule has 0 saturated carbocycles. The summed E-state index contributed by atoms with van der Waals surface area (Å²) in [6.07, 6.45) is 2.64. The van der Waals surface area contributed by atoms with Gasteiger partial charge in [0.1, 0.15) is 5.75 Å². The summed E-state index contributed by atoms with van der Waals surface area (Å²) >= 11 is 0. The Bertz CT molecular complexity index is 665. The Hall–Kier alpha value is -2.03. The van der Waals surface area contributed by atoms with Crippen LogP contribution in [0.2, 0.25) is 0 Å². The highest BCUT2D eigenvalue weighted by Gasteiger charge is 2.25. The SMILES string of the molecule is COc1ccc(-c2cc3c(n2C(C)C)CCCC3=O)cc1. The first-order valence-electron chi connectivity index (χ1n) is 7.53. The average molecular weight is 283 g/mol. The van der Waals surface area contributed by atoms with Gasteiger partial charge < -0.3 is 9.30 Å². The molecular weight excluding hydrogens is 262 g/mol. The van der Waals surface area contributed by atoms with Gasteiger partial charge in [0, 0.05) is 29.4 Å². The second kappa shape index (κ2) is 5.40. The fourth-order valence-corrected chi connectivity index (χ4v) is 3.19. The van der Waals surface area contributed by atoms with Gasteiger partial charge in [-0.15, -0.1) is 0 Å². The lowest BCUT2D eigenvalue weighted by molar-refractivity contribution is 0.0971. The normalized spacial score (nSPS) is 14.4. The maximum atomic E-state index is 12.2. The quantitative estimate of drug-likeness (QED) is 0.842. The molecule has 0 spiro atoms. The number of carbonyl (C=O) groups excluding carboxylic acids is 1. The van der Waals surface area contributed by atoms with E-state index in [1.807, 2.05) is 12.1 Å². The van der Waals surface area contributed by atoms with Crippen LogP contribution in [-0.2, 0) is 6.42 Å². The minimum Gasteiger partial charge on any atom is -0.497 e. The molecule has 0 radical (unpaired) electrons. The molecular formula is C18H21NO2. The van der Waals surface area contributed by atoms with Gasteiger partial charge in [-0.25, -0.2) is 0 Å². The van der Waals surface area contributed by atoms with Crippen molar-refractivity contribution in [3.63, 3.8) is 0 Å². The van der Waals surface area contributed by atoms with Crippen molar-refractivity contribution in [3.8, 4) is 17.0 Å². The zero-order chi connectivity index (χ0) is 15.0. The molecule has 1 aromatic carbocycles. The van der Waals surface area contributed by atoms with E-state index in [0.29, 0.717) is 12.5 Å². The standard InChI is InChI=1S/C18H21NO2/c1-12(2)19-16-5-4-6-18(20)15(16)11-17(19)13-7-9-14(21-3)10-8-13/h7-12H,4-6H2,1-3H3. The van der Waals surface area contributed by atoms with E-state index < -0.39 is 0 Å². The second-order valence-corrected chi connectivity index (χ2v) is 5.86. The molecule has 0 fully saturated rings. The number of Topliss-reactive ketones (excluding diaryl/α,β-unsaturated/α-hetero) is 1. The lowest BCUT2D eigenvalue weighted by Crippen LogP contribution is -2.14. The molecule has 3 rings (SSSR count). The van der Waals surface area contributed by atoms with Gasteiger partial charge in [0.2, 0.25) is 0 Å². The van der Waals surface area contributed by atoms with Crippen molar-refractivity contribution in [3.05, 3.63) is 41.6 Å². The Morgan fingerprint density at radius 3 is 2.48 bits per heavy atom. The molecule has 0 atom stereocenters. The highest BCUT2D eigenvalue weighted by molar-refractivity contribution is 5.99. The van der Waals surface area contributed by atoms with Crippen molar-refractivity contribution in [2.45, 2.75) is 39.2 Å². The fraction of sp³-hybridized carbons (Fsp3) is 0.389. The van der Waals surface area contributed by atoms with Crippen molar-refractivity contribution in [1.29, 1.82) is 0 Å². The van der Waals surface area contributed by atoms with Crippen LogP contribution in [0.25, 0.3) is 11.3 Å². The summed E-state index contributed by atoms with van der Waals surface area (Å²) in [6, 6.07) is 10.5. The van der Waals surface area contributed by atoms with Crippen LogP contribution in [0, 0.1) is 0 Å². The van der Waals surface area contributed by atoms with E-state index in [0.717, 1.165) is 35.4 Å². The highest BCUT2D eigenvalue weighted by Crippen LogP contribution is 2.34. The predicted octanol–water partition coefficient (Wildman–Crippen LogP) is 4.26. The number of methoxy groups -OCH3 is 1. The first kappa shape index (κ1) is 13.9. The third kappa shape index (κ3) is 2.37. The number of nitrogens with zero attached hydrogens (tertiary/aromatic N) is 1. The Labute approximate surface area is 125 Å². The van der Waals surface area contributed by atoms with Crippen molar-refractivity contribution in [2.75, 3.05) is 7.11 Å². The molecule has 0 N–H and O–H groups in total. The summed E-state index contributed by atoms with van der Waals surface area (Å²) in [4.78, 5) is 12.2. The smallest absolute Gasteiger partial charge is 0.164 e. The fourth-order valence-electron chi connectivity index (χ4n) is 3.19. The van der Waals surface area contributed by atoms with Crippen molar-refractivity contribution >= 4 is 5.78 Å². The molecule has 0 unspecified atom stereocenters. The molecule has 1 aliphatic rings. The van der Waals surface area contributed by atoms with E-state index in [9.17, 15) is 4.79 Å². The molecule has 2 aromatic rings. The van der Waals surface area contributed by atoms with Gasteiger partial charge in [0.15, 0.2) is 5.78 Å². The number of hydrogen-bond donors (Lipinski definition) is 0. The Morgan fingerprint density at radius 1 is 1.14 bits per heavy atom. The summed E-state index contributed by atoms with van der Waals surface area (Å²) in [5, 5.41) is 0. The molecule has 1 aromatic heterocycles. The molecule has 0 amide bonds. The van der Waals surface area contributed by atoms with E-state index in [1.165, 1.54) is 5.69 Å². The molecule has 21 heavy (non-hydrogen) atoms. The number of benzene rings is 1. The van der Waals surface area contributed by atoms with Gasteiger partial charge >= 0.3 is 0 Å². The second-order valence-electron chi connectivity index (χ2n) is 5.86. The van der Waals surface area contributed by atoms with Crippen LogP contribution >= 0.6 is 0 Å². The zero-order valence-electron chi connectivity index (χ0n) is 12.8. The third-order valence-corrected chi connectivity index (χ3v) is 4.16. The minimum absolute atomic E-state index is 0.283. The molecule has 0 aliphatic heterocycles. The number of ketones is 1. The maximum absolute atomic E-state index is 12.2. The van der Waals surface area contributed by atoms with Gasteiger partial charge in [0.25, 0.3) is 0 Å². The first-order chi connectivity index (χ1) is 10.1. The molecule has 0 bridgehead atoms.